The van der Waals surface area contributed by atoms with E-state index in [-0.39, 0.29) is 24.1 Å². The van der Waals surface area contributed by atoms with Crippen molar-refractivity contribution in [2.45, 2.75) is 51.4 Å². The first-order valence-electron chi connectivity index (χ1n) is 12.2. The fourth-order valence-corrected chi connectivity index (χ4v) is 4.62. The number of carboxylic acid groups (broad SMARTS) is 1. The van der Waals surface area contributed by atoms with Gasteiger partial charge in [0.1, 0.15) is 11.3 Å². The maximum absolute atomic E-state index is 13.1. The van der Waals surface area contributed by atoms with Crippen LogP contribution in [0.25, 0.3) is 11.2 Å². The van der Waals surface area contributed by atoms with Crippen LogP contribution in [0.5, 0.6) is 0 Å². The van der Waals surface area contributed by atoms with E-state index in [1.54, 1.807) is 0 Å². The summed E-state index contributed by atoms with van der Waals surface area (Å²) in [7, 11) is 0. The summed E-state index contributed by atoms with van der Waals surface area (Å²) in [4.78, 5) is 25.0. The first kappa shape index (κ1) is 24.7. The maximum Gasteiger partial charge on any atom is 0.416 e. The highest BCUT2D eigenvalue weighted by atomic mass is 19.4. The second kappa shape index (κ2) is 9.84. The summed E-state index contributed by atoms with van der Waals surface area (Å²) < 4.78 is 41.2. The molecule has 1 aliphatic carbocycles. The summed E-state index contributed by atoms with van der Waals surface area (Å²) in [5.41, 5.74) is 1.66. The molecule has 1 aliphatic rings. The van der Waals surface area contributed by atoms with E-state index < -0.39 is 17.7 Å². The zero-order valence-electron chi connectivity index (χ0n) is 20.2. The Labute approximate surface area is 211 Å². The van der Waals surface area contributed by atoms with Crippen molar-refractivity contribution in [3.05, 3.63) is 82.9 Å². The van der Waals surface area contributed by atoms with Gasteiger partial charge < -0.3 is 15.0 Å². The monoisotopic (exact) mass is 509 g/mol. The molecule has 192 valence electrons. The first-order valence-corrected chi connectivity index (χ1v) is 12.2. The number of benzene rings is 2. The lowest BCUT2D eigenvalue weighted by Gasteiger charge is -2.32. The van der Waals surface area contributed by atoms with E-state index in [1.807, 2.05) is 41.8 Å². The molecule has 1 saturated carbocycles. The third-order valence-corrected chi connectivity index (χ3v) is 6.92. The van der Waals surface area contributed by atoms with Crippen LogP contribution in [0, 0.1) is 5.92 Å². The van der Waals surface area contributed by atoms with Crippen molar-refractivity contribution in [1.29, 1.82) is 0 Å². The number of aromatic nitrogens is 4. The molecule has 0 radical (unpaired) electrons. The number of hydrogen-bond donors (Lipinski definition) is 2. The van der Waals surface area contributed by atoms with Gasteiger partial charge in [-0.2, -0.15) is 13.2 Å². The predicted molar refractivity (Wildman–Crippen MR) is 133 cm³/mol. The van der Waals surface area contributed by atoms with E-state index in [9.17, 15) is 23.1 Å². The van der Waals surface area contributed by atoms with Gasteiger partial charge in [-0.3, -0.25) is 0 Å². The van der Waals surface area contributed by atoms with E-state index in [4.69, 9.17) is 0 Å². The second-order valence-corrected chi connectivity index (χ2v) is 9.47. The molecule has 37 heavy (non-hydrogen) atoms. The molecule has 2 aromatic carbocycles. The van der Waals surface area contributed by atoms with Crippen LogP contribution in [0.4, 0.5) is 19.0 Å². The van der Waals surface area contributed by atoms with Crippen LogP contribution < -0.4 is 5.32 Å². The predicted octanol–water partition coefficient (Wildman–Crippen LogP) is 5.78. The van der Waals surface area contributed by atoms with Gasteiger partial charge in [0.15, 0.2) is 11.5 Å². The maximum atomic E-state index is 13.1. The molecule has 1 fully saturated rings. The third kappa shape index (κ3) is 5.28. The minimum absolute atomic E-state index is 0.0560. The minimum atomic E-state index is -4.42. The van der Waals surface area contributed by atoms with E-state index in [1.165, 1.54) is 12.1 Å². The SMILES string of the molecule is C[C@@H](Nc1nc(C(=O)O)nc2nc(Cc3ccccc3)n(Cc3ccc(C(F)(F)F)cc3)c12)C1CCC1. The number of imidazole rings is 1. The van der Waals surface area contributed by atoms with E-state index >= 15 is 0 Å². The van der Waals surface area contributed by atoms with Crippen molar-refractivity contribution in [2.24, 2.45) is 5.92 Å². The summed E-state index contributed by atoms with van der Waals surface area (Å²) in [6.07, 6.45) is -0.674. The number of hydrogen-bond acceptors (Lipinski definition) is 5. The molecule has 2 N–H and O–H groups in total. The largest absolute Gasteiger partial charge is 0.475 e. The van der Waals surface area contributed by atoms with Gasteiger partial charge in [-0.05, 0) is 48.9 Å². The summed E-state index contributed by atoms with van der Waals surface area (Å²) in [6, 6.07) is 14.7. The Hall–Kier alpha value is -3.95. The van der Waals surface area contributed by atoms with Gasteiger partial charge in [0.2, 0.25) is 5.82 Å². The first-order chi connectivity index (χ1) is 17.7. The van der Waals surface area contributed by atoms with Crippen molar-refractivity contribution in [1.82, 2.24) is 19.5 Å². The van der Waals surface area contributed by atoms with E-state index in [0.717, 1.165) is 37.0 Å². The molecular formula is C27H26F3N5O2. The molecule has 10 heteroatoms. The molecule has 0 unspecified atom stereocenters. The lowest BCUT2D eigenvalue weighted by Crippen LogP contribution is -2.31. The number of aromatic carboxylic acids is 1. The van der Waals surface area contributed by atoms with Gasteiger partial charge in [-0.1, -0.05) is 48.9 Å². The average molecular weight is 510 g/mol. The Balaban J connectivity index is 1.62. The number of rotatable bonds is 8. The smallest absolute Gasteiger partial charge is 0.416 e. The van der Waals surface area contributed by atoms with Crippen molar-refractivity contribution < 1.29 is 23.1 Å². The molecule has 0 spiro atoms. The van der Waals surface area contributed by atoms with Crippen LogP contribution in [0.2, 0.25) is 0 Å². The van der Waals surface area contributed by atoms with Crippen LogP contribution in [-0.2, 0) is 19.1 Å². The highest BCUT2D eigenvalue weighted by Gasteiger charge is 2.30. The van der Waals surface area contributed by atoms with Crippen molar-refractivity contribution in [3.8, 4) is 0 Å². The lowest BCUT2D eigenvalue weighted by molar-refractivity contribution is -0.137. The number of nitrogens with one attached hydrogen (secondary N) is 1. The summed E-state index contributed by atoms with van der Waals surface area (Å²) in [5.74, 6) is -0.199. The standard InChI is InChI=1S/C27H26F3N5O2/c1-16(19-8-5-9-19)31-23-22-24(34-25(33-23)26(36)37)32-21(14-17-6-3-2-4-7-17)35(22)15-18-10-12-20(13-11-18)27(28,29)30/h2-4,6-7,10-13,16,19H,5,8-9,14-15H2,1H3,(H,36,37)(H,31,33,34)/t16-/m1/s1. The fraction of sp³-hybridized carbons (Fsp3) is 0.333. The number of fused-ring (bicyclic) bond motifs is 1. The minimum Gasteiger partial charge on any atom is -0.475 e. The molecule has 7 nitrogen and oxygen atoms in total. The average Bonchev–Trinajstić information content (AvgIpc) is 3.15. The molecule has 4 aromatic rings. The lowest BCUT2D eigenvalue weighted by atomic mass is 9.80. The molecule has 2 heterocycles. The highest BCUT2D eigenvalue weighted by Crippen LogP contribution is 2.33. The second-order valence-electron chi connectivity index (χ2n) is 9.47. The van der Waals surface area contributed by atoms with Crippen LogP contribution in [-0.4, -0.2) is 36.6 Å². The zero-order chi connectivity index (χ0) is 26.2. The van der Waals surface area contributed by atoms with Gasteiger partial charge in [-0.15, -0.1) is 0 Å². The number of carboxylic acids is 1. The molecule has 0 aliphatic heterocycles. The number of halogens is 3. The number of alkyl halides is 3. The Morgan fingerprint density at radius 1 is 1.05 bits per heavy atom. The summed E-state index contributed by atoms with van der Waals surface area (Å²) in [5, 5.41) is 13.0. The van der Waals surface area contributed by atoms with Gasteiger partial charge in [0.05, 0.1) is 5.56 Å². The number of carbonyl (C=O) groups is 1. The van der Waals surface area contributed by atoms with Gasteiger partial charge in [0, 0.05) is 19.0 Å². The molecule has 0 bridgehead atoms. The van der Waals surface area contributed by atoms with Gasteiger partial charge in [0.25, 0.3) is 0 Å². The van der Waals surface area contributed by atoms with Crippen LogP contribution in [0.15, 0.2) is 54.6 Å². The van der Waals surface area contributed by atoms with Crippen molar-refractivity contribution in [2.75, 3.05) is 5.32 Å². The van der Waals surface area contributed by atoms with Crippen molar-refractivity contribution >= 4 is 23.0 Å². The molecule has 0 saturated heterocycles. The molecule has 5 rings (SSSR count). The highest BCUT2D eigenvalue weighted by molar-refractivity contribution is 5.90. The molecular weight excluding hydrogens is 483 g/mol. The molecule has 1 atom stereocenters. The third-order valence-electron chi connectivity index (χ3n) is 6.92. The summed E-state index contributed by atoms with van der Waals surface area (Å²) >= 11 is 0. The van der Waals surface area contributed by atoms with Crippen molar-refractivity contribution in [3.63, 3.8) is 0 Å². The van der Waals surface area contributed by atoms with Gasteiger partial charge in [-0.25, -0.2) is 19.7 Å². The normalized spacial score (nSPS) is 14.9. The van der Waals surface area contributed by atoms with Crippen LogP contribution in [0.1, 0.15) is 59.3 Å². The Kier molecular flexibility index (Phi) is 6.57. The fourth-order valence-electron chi connectivity index (χ4n) is 4.62. The van der Waals surface area contributed by atoms with E-state index in [0.29, 0.717) is 35.1 Å². The Bertz CT molecular complexity index is 1410. The van der Waals surface area contributed by atoms with E-state index in [2.05, 4.69) is 20.3 Å². The topological polar surface area (TPSA) is 92.9 Å². The summed E-state index contributed by atoms with van der Waals surface area (Å²) in [6.45, 7) is 2.26. The van der Waals surface area contributed by atoms with Crippen LogP contribution in [0.3, 0.4) is 0 Å². The Morgan fingerprint density at radius 2 is 1.76 bits per heavy atom. The number of nitrogens with zero attached hydrogens (tertiary/aromatic N) is 4. The molecule has 0 amide bonds. The quantitative estimate of drug-likeness (QED) is 0.313. The van der Waals surface area contributed by atoms with Gasteiger partial charge >= 0.3 is 12.1 Å². The van der Waals surface area contributed by atoms with Crippen LogP contribution >= 0.6 is 0 Å². The zero-order valence-corrected chi connectivity index (χ0v) is 20.2. The Morgan fingerprint density at radius 3 is 2.35 bits per heavy atom. The number of anilines is 1. The molecule has 2 aromatic heterocycles.